The molecule has 0 aliphatic heterocycles. The Hall–Kier alpha value is -1.57. The fourth-order valence-electron chi connectivity index (χ4n) is 1.38. The van der Waals surface area contributed by atoms with Gasteiger partial charge in [-0.1, -0.05) is 6.92 Å². The van der Waals surface area contributed by atoms with Crippen molar-refractivity contribution >= 4 is 24.2 Å². The highest BCUT2D eigenvalue weighted by molar-refractivity contribution is 7.80. The van der Waals surface area contributed by atoms with Gasteiger partial charge in [0.25, 0.3) is 0 Å². The predicted molar refractivity (Wildman–Crippen MR) is 65.1 cm³/mol. The maximum atomic E-state index is 11.7. The van der Waals surface area contributed by atoms with Gasteiger partial charge in [0.1, 0.15) is 18.4 Å². The molecule has 8 heteroatoms. The average molecular weight is 258 g/mol. The van der Waals surface area contributed by atoms with Crippen molar-refractivity contribution in [2.75, 3.05) is 12.3 Å². The number of hydrogen-bond acceptors (Lipinski definition) is 5. The standard InChI is InChI=1S/C9H14N4O3S/c1-2-8(9(14)10-3-4-17)12-6-7(5-11-12)13(15)16/h5-6,8,17H,2-4H2,1H3,(H,10,14). The van der Waals surface area contributed by atoms with Gasteiger partial charge in [0.05, 0.1) is 4.92 Å². The minimum atomic E-state index is -0.540. The van der Waals surface area contributed by atoms with Crippen LogP contribution in [0, 0.1) is 10.1 Å². The topological polar surface area (TPSA) is 90.1 Å². The summed E-state index contributed by atoms with van der Waals surface area (Å²) < 4.78 is 1.31. The number of nitro groups is 1. The van der Waals surface area contributed by atoms with Crippen LogP contribution in [-0.2, 0) is 4.79 Å². The average Bonchev–Trinajstić information content (AvgIpc) is 2.77. The van der Waals surface area contributed by atoms with Gasteiger partial charge in [-0.3, -0.25) is 19.6 Å². The maximum Gasteiger partial charge on any atom is 0.307 e. The van der Waals surface area contributed by atoms with Crippen LogP contribution in [0.15, 0.2) is 12.4 Å². The van der Waals surface area contributed by atoms with E-state index < -0.39 is 11.0 Å². The molecule has 1 rings (SSSR count). The van der Waals surface area contributed by atoms with Crippen LogP contribution in [0.25, 0.3) is 0 Å². The van der Waals surface area contributed by atoms with E-state index >= 15 is 0 Å². The van der Waals surface area contributed by atoms with Gasteiger partial charge in [-0.25, -0.2) is 0 Å². The molecular formula is C9H14N4O3S. The Morgan fingerprint density at radius 3 is 2.94 bits per heavy atom. The van der Waals surface area contributed by atoms with Crippen LogP contribution in [0.2, 0.25) is 0 Å². The van der Waals surface area contributed by atoms with Crippen LogP contribution in [0.3, 0.4) is 0 Å². The lowest BCUT2D eigenvalue weighted by molar-refractivity contribution is -0.385. The molecule has 0 aliphatic rings. The molecule has 0 saturated heterocycles. The Kier molecular flexibility index (Phi) is 4.95. The van der Waals surface area contributed by atoms with Gasteiger partial charge in [-0.2, -0.15) is 17.7 Å². The van der Waals surface area contributed by atoms with E-state index in [1.807, 2.05) is 6.92 Å². The van der Waals surface area contributed by atoms with Crippen LogP contribution in [0.4, 0.5) is 5.69 Å². The number of aromatic nitrogens is 2. The second kappa shape index (κ2) is 6.24. The number of hydrogen-bond donors (Lipinski definition) is 2. The van der Waals surface area contributed by atoms with Gasteiger partial charge in [0, 0.05) is 12.3 Å². The summed E-state index contributed by atoms with van der Waals surface area (Å²) in [6.45, 7) is 2.28. The van der Waals surface area contributed by atoms with Gasteiger partial charge in [-0.05, 0) is 6.42 Å². The number of carbonyl (C=O) groups is 1. The van der Waals surface area contributed by atoms with Gasteiger partial charge in [-0.15, -0.1) is 0 Å². The molecule has 0 aromatic carbocycles. The van der Waals surface area contributed by atoms with Gasteiger partial charge >= 0.3 is 5.69 Å². The van der Waals surface area contributed by atoms with Crippen LogP contribution < -0.4 is 5.32 Å². The fraction of sp³-hybridized carbons (Fsp3) is 0.556. The summed E-state index contributed by atoms with van der Waals surface area (Å²) in [5, 5.41) is 17.0. The molecule has 1 unspecified atom stereocenters. The third-order valence-electron chi connectivity index (χ3n) is 2.22. The zero-order valence-electron chi connectivity index (χ0n) is 9.37. The van der Waals surface area contributed by atoms with E-state index in [1.54, 1.807) is 0 Å². The highest BCUT2D eigenvalue weighted by Crippen LogP contribution is 2.15. The minimum absolute atomic E-state index is 0.120. The molecule has 0 aliphatic carbocycles. The Bertz CT molecular complexity index is 407. The normalized spacial score (nSPS) is 12.1. The fourth-order valence-corrected chi connectivity index (χ4v) is 1.49. The largest absolute Gasteiger partial charge is 0.353 e. The van der Waals surface area contributed by atoms with Gasteiger partial charge in [0.2, 0.25) is 5.91 Å². The first-order valence-electron chi connectivity index (χ1n) is 5.17. The lowest BCUT2D eigenvalue weighted by atomic mass is 10.2. The molecule has 1 atom stereocenters. The van der Waals surface area contributed by atoms with Crippen molar-refractivity contribution in [1.29, 1.82) is 0 Å². The molecule has 1 aromatic rings. The van der Waals surface area contributed by atoms with E-state index in [9.17, 15) is 14.9 Å². The summed E-state index contributed by atoms with van der Waals surface area (Å²) in [6.07, 6.45) is 2.90. The number of amides is 1. The van der Waals surface area contributed by atoms with Crippen molar-refractivity contribution in [3.63, 3.8) is 0 Å². The van der Waals surface area contributed by atoms with Crippen LogP contribution in [-0.4, -0.2) is 32.9 Å². The SMILES string of the molecule is CCC(C(=O)NCCS)n1cc([N+](=O)[O-])cn1. The number of nitrogens with one attached hydrogen (secondary N) is 1. The summed E-state index contributed by atoms with van der Waals surface area (Å²) in [6, 6.07) is -0.524. The number of thiol groups is 1. The summed E-state index contributed by atoms with van der Waals surface area (Å²) in [4.78, 5) is 21.7. The number of nitrogens with zero attached hydrogens (tertiary/aromatic N) is 3. The van der Waals surface area contributed by atoms with Crippen LogP contribution in [0.1, 0.15) is 19.4 Å². The van der Waals surface area contributed by atoms with E-state index in [-0.39, 0.29) is 11.6 Å². The second-order valence-electron chi connectivity index (χ2n) is 3.37. The summed E-state index contributed by atoms with van der Waals surface area (Å²) >= 11 is 3.98. The molecule has 0 radical (unpaired) electrons. The van der Waals surface area contributed by atoms with Gasteiger partial charge < -0.3 is 5.32 Å². The molecule has 17 heavy (non-hydrogen) atoms. The Labute approximate surface area is 104 Å². The summed E-state index contributed by atoms with van der Waals surface area (Å²) in [5.74, 6) is 0.334. The van der Waals surface area contributed by atoms with E-state index in [1.165, 1.54) is 10.9 Å². The van der Waals surface area contributed by atoms with Crippen molar-refractivity contribution in [2.45, 2.75) is 19.4 Å². The number of carbonyl (C=O) groups excluding carboxylic acids is 1. The highest BCUT2D eigenvalue weighted by Gasteiger charge is 2.21. The molecule has 1 aromatic heterocycles. The minimum Gasteiger partial charge on any atom is -0.353 e. The lowest BCUT2D eigenvalue weighted by Crippen LogP contribution is -2.33. The third-order valence-corrected chi connectivity index (χ3v) is 2.44. The molecule has 1 heterocycles. The Morgan fingerprint density at radius 2 is 2.47 bits per heavy atom. The van der Waals surface area contributed by atoms with E-state index in [2.05, 4.69) is 23.0 Å². The van der Waals surface area contributed by atoms with E-state index in [0.29, 0.717) is 18.7 Å². The van der Waals surface area contributed by atoms with E-state index in [0.717, 1.165) is 6.20 Å². The molecule has 1 N–H and O–H groups in total. The van der Waals surface area contributed by atoms with Crippen LogP contribution >= 0.6 is 12.6 Å². The van der Waals surface area contributed by atoms with Crippen molar-refractivity contribution in [2.24, 2.45) is 0 Å². The molecule has 94 valence electrons. The molecule has 1 amide bonds. The molecule has 0 bridgehead atoms. The zero-order chi connectivity index (χ0) is 12.8. The van der Waals surface area contributed by atoms with Crippen molar-refractivity contribution in [1.82, 2.24) is 15.1 Å². The first-order valence-corrected chi connectivity index (χ1v) is 5.80. The van der Waals surface area contributed by atoms with E-state index in [4.69, 9.17) is 0 Å². The lowest BCUT2D eigenvalue weighted by Gasteiger charge is -2.14. The molecule has 0 saturated carbocycles. The smallest absolute Gasteiger partial charge is 0.307 e. The number of rotatable bonds is 6. The van der Waals surface area contributed by atoms with Crippen molar-refractivity contribution in [3.05, 3.63) is 22.5 Å². The second-order valence-corrected chi connectivity index (χ2v) is 3.82. The first-order chi connectivity index (χ1) is 8.10. The Balaban J connectivity index is 2.78. The molecule has 0 fully saturated rings. The highest BCUT2D eigenvalue weighted by atomic mass is 32.1. The van der Waals surface area contributed by atoms with Gasteiger partial charge in [0.15, 0.2) is 0 Å². The molecule has 0 spiro atoms. The predicted octanol–water partition coefficient (Wildman–Crippen LogP) is 0.788. The van der Waals surface area contributed by atoms with Crippen molar-refractivity contribution < 1.29 is 9.72 Å². The Morgan fingerprint density at radius 1 is 1.76 bits per heavy atom. The summed E-state index contributed by atoms with van der Waals surface area (Å²) in [7, 11) is 0. The van der Waals surface area contributed by atoms with Crippen molar-refractivity contribution in [3.8, 4) is 0 Å². The molecular weight excluding hydrogens is 244 g/mol. The summed E-state index contributed by atoms with van der Waals surface area (Å²) in [5.41, 5.74) is -0.120. The monoisotopic (exact) mass is 258 g/mol. The first kappa shape index (κ1) is 13.5. The zero-order valence-corrected chi connectivity index (χ0v) is 10.3. The third kappa shape index (κ3) is 3.45. The maximum absolute atomic E-state index is 11.7. The quantitative estimate of drug-likeness (QED) is 0.448. The van der Waals surface area contributed by atoms with Crippen LogP contribution in [0.5, 0.6) is 0 Å². The molecule has 7 nitrogen and oxygen atoms in total.